The van der Waals surface area contributed by atoms with Gasteiger partial charge in [-0.25, -0.2) is 24.6 Å². The monoisotopic (exact) mass is 555 g/mol. The van der Waals surface area contributed by atoms with E-state index in [0.717, 1.165) is 52.3 Å². The minimum atomic E-state index is -0.481. The van der Waals surface area contributed by atoms with Crippen molar-refractivity contribution in [3.8, 4) is 22.9 Å². The van der Waals surface area contributed by atoms with Gasteiger partial charge in [-0.05, 0) is 78.9 Å². The molecule has 6 heterocycles. The predicted molar refractivity (Wildman–Crippen MR) is 158 cm³/mol. The standard InChI is InChI=1S/C23H19N7.C7H6N4O/c24-21-18(6-2-11-25-21)22-27-19-9-10-20(29-13-3-12-26-29)28-23(19)30(22)17-8-7-15-4-1-5-16(15)14-17;8-6(12)4-1-5-3-10-11-7(5)9-2-4/h2-3,6-14H,1,4-5H2,(H2,24,25);1-3H,(H2,8,12)(H,9,10,11). The number of benzene rings is 1. The molecule has 1 amide bonds. The zero-order valence-corrected chi connectivity index (χ0v) is 22.3. The Hall–Kier alpha value is -5.91. The first kappa shape index (κ1) is 25.1. The lowest BCUT2D eigenvalue weighted by Crippen LogP contribution is -2.10. The van der Waals surface area contributed by atoms with Crippen molar-refractivity contribution < 1.29 is 4.79 Å². The number of amides is 1. The summed E-state index contributed by atoms with van der Waals surface area (Å²) in [6, 6.07) is 17.9. The molecule has 12 heteroatoms. The molecule has 12 nitrogen and oxygen atoms in total. The van der Waals surface area contributed by atoms with Crippen LogP contribution in [0.2, 0.25) is 0 Å². The van der Waals surface area contributed by atoms with Crippen LogP contribution in [0.4, 0.5) is 5.82 Å². The largest absolute Gasteiger partial charge is 0.383 e. The lowest BCUT2D eigenvalue weighted by atomic mass is 10.1. The van der Waals surface area contributed by atoms with Crippen molar-refractivity contribution in [1.82, 2.24) is 44.5 Å². The number of aromatic nitrogens is 9. The molecule has 0 fully saturated rings. The third-order valence-electron chi connectivity index (χ3n) is 7.22. The van der Waals surface area contributed by atoms with Crippen molar-refractivity contribution in [3.63, 3.8) is 0 Å². The first-order chi connectivity index (χ1) is 20.5. The van der Waals surface area contributed by atoms with E-state index in [1.807, 2.05) is 36.5 Å². The van der Waals surface area contributed by atoms with Gasteiger partial charge in [0.15, 0.2) is 22.9 Å². The number of carbonyl (C=O) groups is 1. The number of anilines is 1. The number of aryl methyl sites for hydroxylation is 2. The van der Waals surface area contributed by atoms with Crippen LogP contribution < -0.4 is 11.5 Å². The Bertz CT molecular complexity index is 2070. The van der Waals surface area contributed by atoms with Gasteiger partial charge in [0.05, 0.1) is 17.3 Å². The molecule has 0 radical (unpaired) electrons. The first-order valence-electron chi connectivity index (χ1n) is 13.4. The molecule has 0 saturated carbocycles. The Labute approximate surface area is 239 Å². The number of rotatable bonds is 4. The molecular weight excluding hydrogens is 530 g/mol. The van der Waals surface area contributed by atoms with Gasteiger partial charge in [-0.2, -0.15) is 10.2 Å². The zero-order valence-electron chi connectivity index (χ0n) is 22.3. The summed E-state index contributed by atoms with van der Waals surface area (Å²) in [5, 5.41) is 11.5. The number of nitrogens with two attached hydrogens (primary N) is 2. The highest BCUT2D eigenvalue weighted by atomic mass is 16.1. The molecule has 42 heavy (non-hydrogen) atoms. The number of nitrogen functional groups attached to an aromatic ring is 1. The maximum atomic E-state index is 10.7. The quantitative estimate of drug-likeness (QED) is 0.294. The minimum absolute atomic E-state index is 0.393. The normalized spacial score (nSPS) is 12.3. The van der Waals surface area contributed by atoms with E-state index in [4.69, 9.17) is 21.4 Å². The molecule has 206 valence electrons. The summed E-state index contributed by atoms with van der Waals surface area (Å²) in [6.45, 7) is 0. The van der Waals surface area contributed by atoms with Crippen molar-refractivity contribution in [1.29, 1.82) is 0 Å². The number of aromatic amines is 1. The summed E-state index contributed by atoms with van der Waals surface area (Å²) < 4.78 is 3.83. The summed E-state index contributed by atoms with van der Waals surface area (Å²) in [6.07, 6.45) is 11.8. The maximum Gasteiger partial charge on any atom is 0.250 e. The van der Waals surface area contributed by atoms with Crippen molar-refractivity contribution in [2.45, 2.75) is 19.3 Å². The number of fused-ring (bicyclic) bond motifs is 3. The number of nitrogens with zero attached hydrogens (tertiary/aromatic N) is 8. The van der Waals surface area contributed by atoms with Gasteiger partial charge in [0, 0.05) is 35.9 Å². The number of nitrogens with one attached hydrogen (secondary N) is 1. The summed E-state index contributed by atoms with van der Waals surface area (Å²) in [5.41, 5.74) is 18.5. The fourth-order valence-electron chi connectivity index (χ4n) is 5.18. The van der Waals surface area contributed by atoms with Gasteiger partial charge in [-0.1, -0.05) is 6.07 Å². The maximum absolute atomic E-state index is 10.7. The lowest BCUT2D eigenvalue weighted by molar-refractivity contribution is 0.1000. The smallest absolute Gasteiger partial charge is 0.250 e. The highest BCUT2D eigenvalue weighted by Gasteiger charge is 2.20. The van der Waals surface area contributed by atoms with Crippen molar-refractivity contribution in [2.24, 2.45) is 5.73 Å². The van der Waals surface area contributed by atoms with E-state index in [1.54, 1.807) is 29.3 Å². The molecule has 8 rings (SSSR count). The van der Waals surface area contributed by atoms with E-state index in [1.165, 1.54) is 23.7 Å². The summed E-state index contributed by atoms with van der Waals surface area (Å²) in [7, 11) is 0. The average Bonchev–Trinajstić information content (AvgIpc) is 3.82. The van der Waals surface area contributed by atoms with Gasteiger partial charge in [-0.15, -0.1) is 0 Å². The van der Waals surface area contributed by atoms with Crippen LogP contribution >= 0.6 is 0 Å². The van der Waals surface area contributed by atoms with Crippen LogP contribution in [0.3, 0.4) is 0 Å². The third-order valence-corrected chi connectivity index (χ3v) is 7.22. The van der Waals surface area contributed by atoms with Crippen LogP contribution in [0.5, 0.6) is 0 Å². The van der Waals surface area contributed by atoms with Crippen molar-refractivity contribution in [3.05, 3.63) is 102 Å². The van der Waals surface area contributed by atoms with E-state index in [0.29, 0.717) is 17.0 Å². The number of hydrogen-bond acceptors (Lipinski definition) is 8. The number of hydrogen-bond donors (Lipinski definition) is 3. The Balaban J connectivity index is 0.000000201. The average molecular weight is 556 g/mol. The molecule has 7 aromatic rings. The second-order valence-corrected chi connectivity index (χ2v) is 9.87. The summed E-state index contributed by atoms with van der Waals surface area (Å²) in [5.74, 6) is 1.44. The second-order valence-electron chi connectivity index (χ2n) is 9.87. The van der Waals surface area contributed by atoms with E-state index >= 15 is 0 Å². The van der Waals surface area contributed by atoms with Crippen LogP contribution in [0.1, 0.15) is 27.9 Å². The van der Waals surface area contributed by atoms with Crippen molar-refractivity contribution in [2.75, 3.05) is 5.73 Å². The van der Waals surface area contributed by atoms with Crippen LogP contribution in [-0.4, -0.2) is 50.4 Å². The van der Waals surface area contributed by atoms with Crippen LogP contribution in [0.15, 0.2) is 85.6 Å². The summed E-state index contributed by atoms with van der Waals surface area (Å²) >= 11 is 0. The SMILES string of the molecule is NC(=O)c1cnc2[nH]ncc2c1.Nc1ncccc1-c1nc2ccc(-n3cccn3)nc2n1-c1ccc2c(c1)CCC2. The Morgan fingerprint density at radius 2 is 1.83 bits per heavy atom. The molecule has 0 spiro atoms. The van der Waals surface area contributed by atoms with Gasteiger partial charge >= 0.3 is 0 Å². The lowest BCUT2D eigenvalue weighted by Gasteiger charge is -2.12. The molecule has 6 aromatic heterocycles. The molecule has 0 saturated heterocycles. The fraction of sp³-hybridized carbons (Fsp3) is 0.100. The second kappa shape index (κ2) is 10.2. The Morgan fingerprint density at radius 1 is 0.929 bits per heavy atom. The molecule has 1 aromatic carbocycles. The molecule has 0 bridgehead atoms. The van der Waals surface area contributed by atoms with E-state index in [2.05, 4.69) is 48.0 Å². The molecular formula is C30H25N11O. The molecule has 1 aliphatic carbocycles. The van der Waals surface area contributed by atoms with Gasteiger partial charge in [0.25, 0.3) is 0 Å². The Kier molecular flexibility index (Phi) is 6.12. The highest BCUT2D eigenvalue weighted by Crippen LogP contribution is 2.32. The fourth-order valence-corrected chi connectivity index (χ4v) is 5.18. The van der Waals surface area contributed by atoms with Gasteiger partial charge in [-0.3, -0.25) is 14.5 Å². The summed E-state index contributed by atoms with van der Waals surface area (Å²) in [4.78, 5) is 28.7. The van der Waals surface area contributed by atoms with Gasteiger partial charge in [0.1, 0.15) is 11.3 Å². The molecule has 1 aliphatic rings. The van der Waals surface area contributed by atoms with Gasteiger partial charge in [0.2, 0.25) is 5.91 Å². The topological polar surface area (TPSA) is 172 Å². The molecule has 5 N–H and O–H groups in total. The van der Waals surface area contributed by atoms with E-state index < -0.39 is 5.91 Å². The number of primary amides is 1. The highest BCUT2D eigenvalue weighted by molar-refractivity contribution is 5.95. The van der Waals surface area contributed by atoms with Crippen LogP contribution in [-0.2, 0) is 12.8 Å². The molecule has 0 aliphatic heterocycles. The van der Waals surface area contributed by atoms with E-state index in [9.17, 15) is 4.79 Å². The van der Waals surface area contributed by atoms with E-state index in [-0.39, 0.29) is 0 Å². The first-order valence-corrected chi connectivity index (χ1v) is 13.4. The van der Waals surface area contributed by atoms with Gasteiger partial charge < -0.3 is 11.5 Å². The Morgan fingerprint density at radius 3 is 2.67 bits per heavy atom. The molecule has 0 unspecified atom stereocenters. The predicted octanol–water partition coefficient (Wildman–Crippen LogP) is 3.80. The van der Waals surface area contributed by atoms with Crippen LogP contribution in [0.25, 0.3) is 45.1 Å². The number of pyridine rings is 3. The third kappa shape index (κ3) is 4.50. The molecule has 0 atom stereocenters. The number of carbonyl (C=O) groups excluding carboxylic acids is 1. The number of H-pyrrole nitrogens is 1. The van der Waals surface area contributed by atoms with Crippen molar-refractivity contribution >= 4 is 33.9 Å². The zero-order chi connectivity index (χ0) is 28.6. The minimum Gasteiger partial charge on any atom is -0.383 e. The number of imidazole rings is 1. The van der Waals surface area contributed by atoms with Crippen LogP contribution in [0, 0.1) is 0 Å².